The van der Waals surface area contributed by atoms with Crippen molar-refractivity contribution >= 4 is 28.9 Å². The monoisotopic (exact) mass is 304 g/mol. The fourth-order valence-corrected chi connectivity index (χ4v) is 3.99. The maximum atomic E-state index is 9.56. The Morgan fingerprint density at radius 3 is 2.71 bits per heavy atom. The summed E-state index contributed by atoms with van der Waals surface area (Å²) in [6.45, 7) is 5.99. The van der Waals surface area contributed by atoms with Gasteiger partial charge in [-0.3, -0.25) is 0 Å². The Morgan fingerprint density at radius 1 is 1.57 bits per heavy atom. The molecule has 0 aromatic carbocycles. The van der Waals surface area contributed by atoms with E-state index in [-0.39, 0.29) is 19.5 Å². The minimum absolute atomic E-state index is 0. The van der Waals surface area contributed by atoms with E-state index < -0.39 is 5.69 Å². The normalized spacial score (nSPS) is 14.1. The molecule has 0 saturated carbocycles. The van der Waals surface area contributed by atoms with Crippen molar-refractivity contribution in [2.75, 3.05) is 12.4 Å². The third kappa shape index (κ3) is 11.4. The third-order valence-electron chi connectivity index (χ3n) is 1.36. The van der Waals surface area contributed by atoms with Crippen LogP contribution in [0.2, 0.25) is 0 Å². The van der Waals surface area contributed by atoms with Crippen molar-refractivity contribution in [2.45, 2.75) is 26.2 Å². The molecule has 0 amide bonds. The van der Waals surface area contributed by atoms with Crippen LogP contribution in [0.15, 0.2) is 12.7 Å². The molecule has 1 atom stereocenters. The van der Waals surface area contributed by atoms with Crippen LogP contribution in [0.1, 0.15) is 26.2 Å². The topological polar surface area (TPSA) is 29.5 Å². The summed E-state index contributed by atoms with van der Waals surface area (Å²) < 4.78 is 5.09. The summed E-state index contributed by atoms with van der Waals surface area (Å²) in [5.74, 6) is 0.888. The van der Waals surface area contributed by atoms with E-state index in [1.807, 2.05) is 0 Å². The molecule has 6 heteroatoms. The molecule has 1 unspecified atom stereocenters. The molecule has 0 spiro atoms. The van der Waals surface area contributed by atoms with E-state index in [0.717, 1.165) is 12.2 Å². The SMILES string of the molecule is C=CCOP(O)(=S)SCCCCC.[Zn]. The van der Waals surface area contributed by atoms with Crippen LogP contribution in [-0.4, -0.2) is 17.3 Å². The van der Waals surface area contributed by atoms with Gasteiger partial charge in [-0.05, 0) is 18.2 Å². The molecule has 0 bridgehead atoms. The second kappa shape index (κ2) is 10.8. The molecule has 1 N–H and O–H groups in total. The number of rotatable bonds is 8. The molecular weight excluding hydrogens is 289 g/mol. The molecule has 0 aromatic rings. The largest absolute Gasteiger partial charge is 0.337 e. The summed E-state index contributed by atoms with van der Waals surface area (Å²) in [5.41, 5.74) is -2.57. The van der Waals surface area contributed by atoms with Crippen LogP contribution in [0.25, 0.3) is 0 Å². The Morgan fingerprint density at radius 2 is 2.21 bits per heavy atom. The predicted octanol–water partition coefficient (Wildman–Crippen LogP) is 3.33. The molecule has 2 nitrogen and oxygen atoms in total. The summed E-state index contributed by atoms with van der Waals surface area (Å²) in [5, 5.41) is 0. The van der Waals surface area contributed by atoms with Gasteiger partial charge in [0.25, 0.3) is 0 Å². The number of hydrogen-bond acceptors (Lipinski definition) is 3. The van der Waals surface area contributed by atoms with E-state index in [0.29, 0.717) is 6.61 Å². The van der Waals surface area contributed by atoms with E-state index in [9.17, 15) is 4.89 Å². The van der Waals surface area contributed by atoms with Crippen molar-refractivity contribution in [1.29, 1.82) is 0 Å². The van der Waals surface area contributed by atoms with E-state index in [1.54, 1.807) is 6.08 Å². The second-order valence-electron chi connectivity index (χ2n) is 2.59. The molecule has 0 aliphatic heterocycles. The molecule has 0 aromatic heterocycles. The third-order valence-corrected chi connectivity index (χ3v) is 5.74. The van der Waals surface area contributed by atoms with Crippen LogP contribution >= 0.6 is 17.1 Å². The van der Waals surface area contributed by atoms with Crippen molar-refractivity contribution in [3.8, 4) is 0 Å². The maximum absolute atomic E-state index is 9.56. The molecule has 14 heavy (non-hydrogen) atoms. The Bertz CT molecular complexity index is 190. The van der Waals surface area contributed by atoms with Crippen molar-refractivity contribution < 1.29 is 28.9 Å². The Kier molecular flexibility index (Phi) is 13.6. The molecule has 0 fully saturated rings. The molecule has 0 heterocycles. The predicted molar refractivity (Wildman–Crippen MR) is 64.6 cm³/mol. The second-order valence-corrected chi connectivity index (χ2v) is 8.89. The first-order valence-corrected chi connectivity index (χ1v) is 8.61. The smallest absolute Gasteiger partial charge is 0.245 e. The van der Waals surface area contributed by atoms with Gasteiger partial charge in [0.15, 0.2) is 0 Å². The van der Waals surface area contributed by atoms with Crippen LogP contribution in [0, 0.1) is 0 Å². The Hall–Kier alpha value is 1.28. The zero-order valence-electron chi connectivity index (χ0n) is 8.65. The van der Waals surface area contributed by atoms with Crippen LogP contribution < -0.4 is 0 Å². The van der Waals surface area contributed by atoms with Gasteiger partial charge >= 0.3 is 0 Å². The van der Waals surface area contributed by atoms with Gasteiger partial charge in [-0.1, -0.05) is 37.2 Å². The van der Waals surface area contributed by atoms with E-state index >= 15 is 0 Å². The van der Waals surface area contributed by atoms with Crippen LogP contribution in [0.3, 0.4) is 0 Å². The minimum atomic E-state index is -2.57. The average Bonchev–Trinajstić information content (AvgIpc) is 2.09. The molecule has 0 saturated heterocycles. The first-order valence-electron chi connectivity index (χ1n) is 4.35. The fourth-order valence-electron chi connectivity index (χ4n) is 0.716. The molecule has 0 aliphatic carbocycles. The van der Waals surface area contributed by atoms with E-state index in [1.165, 1.54) is 24.2 Å². The van der Waals surface area contributed by atoms with Gasteiger partial charge in [-0.2, -0.15) is 0 Å². The minimum Gasteiger partial charge on any atom is -0.337 e. The van der Waals surface area contributed by atoms with Crippen molar-refractivity contribution in [1.82, 2.24) is 0 Å². The van der Waals surface area contributed by atoms with Crippen LogP contribution in [0.5, 0.6) is 0 Å². The molecular formula is C8H17O2PS2Zn. The molecule has 0 aliphatic rings. The van der Waals surface area contributed by atoms with Gasteiger partial charge in [0.2, 0.25) is 5.69 Å². The van der Waals surface area contributed by atoms with Crippen molar-refractivity contribution in [3.63, 3.8) is 0 Å². The van der Waals surface area contributed by atoms with Crippen molar-refractivity contribution in [2.24, 2.45) is 0 Å². The molecule has 0 rings (SSSR count). The maximum Gasteiger partial charge on any atom is 0.245 e. The molecule has 80 valence electrons. The van der Waals surface area contributed by atoms with Gasteiger partial charge in [0, 0.05) is 25.2 Å². The summed E-state index contributed by atoms with van der Waals surface area (Å²) in [6.07, 6.45) is 5.06. The summed E-state index contributed by atoms with van der Waals surface area (Å²) in [4.78, 5) is 9.56. The number of hydrogen-bond donors (Lipinski definition) is 1. The molecule has 0 radical (unpaired) electrons. The summed E-state index contributed by atoms with van der Waals surface area (Å²) in [6, 6.07) is 0. The van der Waals surface area contributed by atoms with Gasteiger partial charge in [-0.25, -0.2) is 0 Å². The first-order chi connectivity index (χ1) is 6.12. The van der Waals surface area contributed by atoms with Gasteiger partial charge in [-0.15, -0.1) is 6.58 Å². The van der Waals surface area contributed by atoms with Crippen LogP contribution in [-0.2, 0) is 35.8 Å². The average molecular weight is 306 g/mol. The first kappa shape index (κ1) is 17.7. The van der Waals surface area contributed by atoms with Crippen molar-refractivity contribution in [3.05, 3.63) is 12.7 Å². The summed E-state index contributed by atoms with van der Waals surface area (Å²) >= 11 is 6.29. The van der Waals surface area contributed by atoms with Gasteiger partial charge in [0.05, 0.1) is 6.61 Å². The Labute approximate surface area is 109 Å². The summed E-state index contributed by atoms with van der Waals surface area (Å²) in [7, 11) is 0. The van der Waals surface area contributed by atoms with E-state index in [4.69, 9.17) is 16.3 Å². The Balaban J connectivity index is 0. The number of unbranched alkanes of at least 4 members (excludes halogenated alkanes) is 2. The van der Waals surface area contributed by atoms with Crippen LogP contribution in [0.4, 0.5) is 0 Å². The fraction of sp³-hybridized carbons (Fsp3) is 0.750. The quantitative estimate of drug-likeness (QED) is 0.322. The zero-order valence-corrected chi connectivity index (χ0v) is 14.1. The van der Waals surface area contributed by atoms with Gasteiger partial charge < -0.3 is 9.42 Å². The standard InChI is InChI=1S/C8H17O2PS2.Zn/c1-3-5-6-8-13-11(9,12)10-7-4-2;/h4H,2-3,5-8H2,1H3,(H,9,12);. The van der Waals surface area contributed by atoms with E-state index in [2.05, 4.69) is 13.5 Å². The van der Waals surface area contributed by atoms with Gasteiger partial charge in [0.1, 0.15) is 0 Å². The zero-order chi connectivity index (χ0) is 10.2.